The Morgan fingerprint density at radius 3 is 3.05 bits per heavy atom. The molecule has 2 aromatic heterocycles. The Bertz CT molecular complexity index is 521. The van der Waals surface area contributed by atoms with Crippen LogP contribution in [0.4, 0.5) is 0 Å². The number of nitrogens with one attached hydrogen (secondary N) is 1. The Morgan fingerprint density at radius 2 is 2.40 bits per heavy atom. The minimum atomic E-state index is 0.712. The number of thiophene rings is 1. The second-order valence-electron chi connectivity index (χ2n) is 5.03. The van der Waals surface area contributed by atoms with E-state index in [1.54, 1.807) is 11.3 Å². The van der Waals surface area contributed by atoms with Crippen molar-refractivity contribution in [3.8, 4) is 10.7 Å². The molecule has 108 valence electrons. The lowest BCUT2D eigenvalue weighted by Gasteiger charge is -2.37. The fourth-order valence-electron chi connectivity index (χ4n) is 2.43. The highest BCUT2D eigenvalue weighted by Crippen LogP contribution is 2.21. The number of hydrogen-bond acceptors (Lipinski definition) is 6. The molecule has 3 heterocycles. The fourth-order valence-corrected chi connectivity index (χ4v) is 3.08. The Labute approximate surface area is 123 Å². The van der Waals surface area contributed by atoms with Gasteiger partial charge in [-0.2, -0.15) is 4.98 Å². The van der Waals surface area contributed by atoms with E-state index in [2.05, 4.69) is 27.3 Å². The zero-order valence-corrected chi connectivity index (χ0v) is 12.5. The molecule has 1 aliphatic heterocycles. The summed E-state index contributed by atoms with van der Waals surface area (Å²) < 4.78 is 5.32. The normalized spacial score (nSPS) is 15.7. The number of nitrogens with zero attached hydrogens (tertiary/aromatic N) is 3. The summed E-state index contributed by atoms with van der Waals surface area (Å²) in [7, 11) is 0. The molecule has 0 aliphatic carbocycles. The van der Waals surface area contributed by atoms with E-state index in [-0.39, 0.29) is 0 Å². The Hall–Kier alpha value is -1.24. The Morgan fingerprint density at radius 1 is 1.50 bits per heavy atom. The summed E-state index contributed by atoms with van der Waals surface area (Å²) >= 11 is 1.64. The molecule has 1 saturated heterocycles. The third kappa shape index (κ3) is 3.08. The summed E-state index contributed by atoms with van der Waals surface area (Å²) in [5.41, 5.74) is 0. The van der Waals surface area contributed by atoms with Gasteiger partial charge < -0.3 is 9.84 Å². The van der Waals surface area contributed by atoms with Crippen LogP contribution in [-0.4, -0.2) is 47.3 Å². The molecule has 0 bridgehead atoms. The van der Waals surface area contributed by atoms with Crippen molar-refractivity contribution in [2.24, 2.45) is 0 Å². The van der Waals surface area contributed by atoms with E-state index in [1.807, 2.05) is 17.5 Å². The summed E-state index contributed by atoms with van der Waals surface area (Å²) in [6, 6.07) is 4.73. The number of likely N-dealkylation sites (N-methyl/N-ethyl adjacent to an activating group) is 1. The second kappa shape index (κ2) is 6.47. The Kier molecular flexibility index (Phi) is 4.44. The molecule has 1 fully saturated rings. The minimum Gasteiger partial charge on any atom is -0.339 e. The van der Waals surface area contributed by atoms with E-state index in [4.69, 9.17) is 4.52 Å². The predicted molar refractivity (Wildman–Crippen MR) is 79.8 cm³/mol. The predicted octanol–water partition coefficient (Wildman–Crippen LogP) is 2.02. The lowest BCUT2D eigenvalue weighted by Crippen LogP contribution is -2.57. The first-order valence-corrected chi connectivity index (χ1v) is 8.06. The summed E-state index contributed by atoms with van der Waals surface area (Å²) in [6.07, 6.45) is 1.92. The SMILES string of the molecule is CCN(CCCc1nc(-c2cccs2)no1)C1CNC1. The van der Waals surface area contributed by atoms with Crippen LogP contribution in [0.5, 0.6) is 0 Å². The number of aryl methyl sites for hydroxylation is 1. The molecule has 0 unspecified atom stereocenters. The maximum absolute atomic E-state index is 5.32. The maximum Gasteiger partial charge on any atom is 0.227 e. The lowest BCUT2D eigenvalue weighted by atomic mass is 10.1. The third-order valence-corrected chi connectivity index (χ3v) is 4.59. The highest BCUT2D eigenvalue weighted by Gasteiger charge is 2.22. The van der Waals surface area contributed by atoms with Gasteiger partial charge in [0.15, 0.2) is 0 Å². The third-order valence-electron chi connectivity index (χ3n) is 3.73. The summed E-state index contributed by atoms with van der Waals surface area (Å²) in [4.78, 5) is 8.04. The molecule has 3 rings (SSSR count). The summed E-state index contributed by atoms with van der Waals surface area (Å²) in [6.45, 7) is 6.67. The van der Waals surface area contributed by atoms with Crippen LogP contribution >= 0.6 is 11.3 Å². The highest BCUT2D eigenvalue weighted by atomic mass is 32.1. The molecule has 0 saturated carbocycles. The van der Waals surface area contributed by atoms with E-state index in [0.717, 1.165) is 49.8 Å². The average molecular weight is 292 g/mol. The number of aromatic nitrogens is 2. The van der Waals surface area contributed by atoms with Gasteiger partial charge >= 0.3 is 0 Å². The van der Waals surface area contributed by atoms with Crippen LogP contribution in [0, 0.1) is 0 Å². The van der Waals surface area contributed by atoms with Gasteiger partial charge in [-0.1, -0.05) is 18.1 Å². The Balaban J connectivity index is 1.48. The van der Waals surface area contributed by atoms with Crippen molar-refractivity contribution in [3.05, 3.63) is 23.4 Å². The first-order chi connectivity index (χ1) is 9.86. The average Bonchev–Trinajstić information content (AvgIpc) is 3.05. The monoisotopic (exact) mass is 292 g/mol. The number of hydrogen-bond donors (Lipinski definition) is 1. The molecular weight excluding hydrogens is 272 g/mol. The largest absolute Gasteiger partial charge is 0.339 e. The molecule has 6 heteroatoms. The van der Waals surface area contributed by atoms with E-state index < -0.39 is 0 Å². The molecule has 20 heavy (non-hydrogen) atoms. The quantitative estimate of drug-likeness (QED) is 0.846. The van der Waals surface area contributed by atoms with Crippen LogP contribution in [0.1, 0.15) is 19.2 Å². The molecule has 0 spiro atoms. The molecule has 5 nitrogen and oxygen atoms in total. The molecule has 0 amide bonds. The molecular formula is C14H20N4OS. The van der Waals surface area contributed by atoms with Gasteiger partial charge in [-0.05, 0) is 31.0 Å². The van der Waals surface area contributed by atoms with E-state index >= 15 is 0 Å². The van der Waals surface area contributed by atoms with Crippen molar-refractivity contribution < 1.29 is 4.52 Å². The minimum absolute atomic E-state index is 0.712. The van der Waals surface area contributed by atoms with Crippen LogP contribution in [0.25, 0.3) is 10.7 Å². The van der Waals surface area contributed by atoms with Crippen LogP contribution in [0.15, 0.2) is 22.0 Å². The van der Waals surface area contributed by atoms with Gasteiger partial charge in [-0.15, -0.1) is 11.3 Å². The second-order valence-corrected chi connectivity index (χ2v) is 5.98. The molecule has 1 N–H and O–H groups in total. The van der Waals surface area contributed by atoms with Crippen LogP contribution < -0.4 is 5.32 Å². The van der Waals surface area contributed by atoms with Gasteiger partial charge in [-0.3, -0.25) is 4.90 Å². The summed E-state index contributed by atoms with van der Waals surface area (Å²) in [5, 5.41) is 9.39. The lowest BCUT2D eigenvalue weighted by molar-refractivity contribution is 0.150. The molecule has 0 atom stereocenters. The standard InChI is InChI=1S/C14H20N4OS/c1-2-18(11-9-15-10-11)7-3-6-13-16-14(17-19-13)12-5-4-8-20-12/h4-5,8,11,15H,2-3,6-7,9-10H2,1H3. The van der Waals surface area contributed by atoms with Crippen molar-refractivity contribution in [3.63, 3.8) is 0 Å². The number of rotatable bonds is 7. The van der Waals surface area contributed by atoms with Gasteiger partial charge in [-0.25, -0.2) is 0 Å². The van der Waals surface area contributed by atoms with E-state index in [0.29, 0.717) is 11.9 Å². The molecule has 0 radical (unpaired) electrons. The molecule has 1 aliphatic rings. The fraction of sp³-hybridized carbons (Fsp3) is 0.571. The topological polar surface area (TPSA) is 54.2 Å². The van der Waals surface area contributed by atoms with Gasteiger partial charge in [0.1, 0.15) is 0 Å². The van der Waals surface area contributed by atoms with Crippen molar-refractivity contribution in [1.29, 1.82) is 0 Å². The van der Waals surface area contributed by atoms with Crippen molar-refractivity contribution in [2.75, 3.05) is 26.2 Å². The van der Waals surface area contributed by atoms with Crippen LogP contribution in [-0.2, 0) is 6.42 Å². The van der Waals surface area contributed by atoms with E-state index in [1.165, 1.54) is 0 Å². The van der Waals surface area contributed by atoms with Gasteiger partial charge in [0, 0.05) is 25.6 Å². The van der Waals surface area contributed by atoms with Crippen molar-refractivity contribution >= 4 is 11.3 Å². The zero-order valence-electron chi connectivity index (χ0n) is 11.7. The first-order valence-electron chi connectivity index (χ1n) is 7.18. The van der Waals surface area contributed by atoms with Gasteiger partial charge in [0.25, 0.3) is 0 Å². The van der Waals surface area contributed by atoms with Crippen molar-refractivity contribution in [2.45, 2.75) is 25.8 Å². The summed E-state index contributed by atoms with van der Waals surface area (Å²) in [5.74, 6) is 1.46. The van der Waals surface area contributed by atoms with Gasteiger partial charge in [0.2, 0.25) is 11.7 Å². The maximum atomic E-state index is 5.32. The molecule has 2 aromatic rings. The van der Waals surface area contributed by atoms with Gasteiger partial charge in [0.05, 0.1) is 4.88 Å². The smallest absolute Gasteiger partial charge is 0.227 e. The van der Waals surface area contributed by atoms with Crippen LogP contribution in [0.2, 0.25) is 0 Å². The van der Waals surface area contributed by atoms with Crippen molar-refractivity contribution in [1.82, 2.24) is 20.4 Å². The molecule has 0 aromatic carbocycles. The van der Waals surface area contributed by atoms with E-state index in [9.17, 15) is 0 Å². The first kappa shape index (κ1) is 13.7. The highest BCUT2D eigenvalue weighted by molar-refractivity contribution is 7.13. The zero-order chi connectivity index (χ0) is 13.8. The van der Waals surface area contributed by atoms with Crippen LogP contribution in [0.3, 0.4) is 0 Å².